The second kappa shape index (κ2) is 5.78. The predicted octanol–water partition coefficient (Wildman–Crippen LogP) is 4.50. The van der Waals surface area contributed by atoms with Crippen molar-refractivity contribution in [1.82, 2.24) is 4.98 Å². The maximum Gasteiger partial charge on any atom is 0.356 e. The third-order valence-electron chi connectivity index (χ3n) is 2.42. The second-order valence-electron chi connectivity index (χ2n) is 3.65. The number of benzene rings is 1. The molecule has 2 aromatic rings. The van der Waals surface area contributed by atoms with Crippen molar-refractivity contribution in [2.45, 2.75) is 0 Å². The molecule has 0 saturated carbocycles. The summed E-state index contributed by atoms with van der Waals surface area (Å²) < 4.78 is 4.62. The molecule has 19 heavy (non-hydrogen) atoms. The highest BCUT2D eigenvalue weighted by Crippen LogP contribution is 2.34. The Hall–Kier alpha value is -1.29. The number of halogens is 3. The van der Waals surface area contributed by atoms with Gasteiger partial charge in [0, 0.05) is 5.56 Å². The minimum Gasteiger partial charge on any atom is -0.464 e. The zero-order valence-electron chi connectivity index (χ0n) is 9.78. The summed E-state index contributed by atoms with van der Waals surface area (Å²) in [7, 11) is 1.30. The largest absolute Gasteiger partial charge is 0.464 e. The average molecular weight is 317 g/mol. The summed E-state index contributed by atoms with van der Waals surface area (Å²) in [5.41, 5.74) is 1.44. The fourth-order valence-electron chi connectivity index (χ4n) is 1.52. The van der Waals surface area contributed by atoms with Crippen LogP contribution in [0.4, 0.5) is 0 Å². The van der Waals surface area contributed by atoms with Crippen LogP contribution < -0.4 is 0 Å². The van der Waals surface area contributed by atoms with E-state index >= 15 is 0 Å². The summed E-state index contributed by atoms with van der Waals surface area (Å²) in [6.45, 7) is 0. The maximum atomic E-state index is 11.4. The van der Waals surface area contributed by atoms with E-state index in [9.17, 15) is 4.79 Å². The Morgan fingerprint density at radius 2 is 1.79 bits per heavy atom. The van der Waals surface area contributed by atoms with E-state index in [4.69, 9.17) is 34.8 Å². The predicted molar refractivity (Wildman–Crippen MR) is 76.0 cm³/mol. The van der Waals surface area contributed by atoms with Gasteiger partial charge >= 0.3 is 5.97 Å². The Kier molecular flexibility index (Phi) is 4.30. The van der Waals surface area contributed by atoms with E-state index in [1.807, 2.05) is 0 Å². The van der Waals surface area contributed by atoms with Crippen molar-refractivity contribution < 1.29 is 9.53 Å². The Balaban J connectivity index is 2.50. The van der Waals surface area contributed by atoms with Gasteiger partial charge in [-0.3, -0.25) is 0 Å². The standard InChI is InChI=1S/C13H8Cl3NO2/c1-19-13(18)11-4-2-3-10(17-11)7-5-8(14)12(16)9(15)6-7/h2-6H,1H3. The molecule has 0 bridgehead atoms. The number of carbonyl (C=O) groups excluding carboxylic acids is 1. The highest BCUT2D eigenvalue weighted by atomic mass is 35.5. The maximum absolute atomic E-state index is 11.4. The van der Waals surface area contributed by atoms with Crippen LogP contribution in [-0.2, 0) is 4.74 Å². The van der Waals surface area contributed by atoms with E-state index in [1.54, 1.807) is 30.3 Å². The number of hydrogen-bond donors (Lipinski definition) is 0. The van der Waals surface area contributed by atoms with E-state index in [1.165, 1.54) is 7.11 Å². The molecule has 0 aliphatic heterocycles. The summed E-state index contributed by atoms with van der Waals surface area (Å²) in [6.07, 6.45) is 0. The van der Waals surface area contributed by atoms with Crippen molar-refractivity contribution in [3.63, 3.8) is 0 Å². The summed E-state index contributed by atoms with van der Waals surface area (Å²) >= 11 is 17.8. The van der Waals surface area contributed by atoms with Crippen molar-refractivity contribution in [1.29, 1.82) is 0 Å². The van der Waals surface area contributed by atoms with Gasteiger partial charge in [0.25, 0.3) is 0 Å². The van der Waals surface area contributed by atoms with Crippen LogP contribution in [0.2, 0.25) is 15.1 Å². The van der Waals surface area contributed by atoms with Crippen LogP contribution in [-0.4, -0.2) is 18.1 Å². The number of nitrogens with zero attached hydrogens (tertiary/aromatic N) is 1. The Morgan fingerprint density at radius 3 is 2.37 bits per heavy atom. The van der Waals surface area contributed by atoms with Crippen molar-refractivity contribution in [2.75, 3.05) is 7.11 Å². The molecule has 0 aliphatic rings. The Labute approximate surface area is 125 Å². The molecule has 0 amide bonds. The zero-order valence-corrected chi connectivity index (χ0v) is 12.1. The quantitative estimate of drug-likeness (QED) is 0.605. The minimum absolute atomic E-state index is 0.210. The van der Waals surface area contributed by atoms with Gasteiger partial charge < -0.3 is 4.74 Å². The van der Waals surface area contributed by atoms with Gasteiger partial charge in [-0.1, -0.05) is 40.9 Å². The van der Waals surface area contributed by atoms with Gasteiger partial charge in [0.1, 0.15) is 5.69 Å². The van der Waals surface area contributed by atoms with Crippen molar-refractivity contribution in [3.8, 4) is 11.3 Å². The lowest BCUT2D eigenvalue weighted by atomic mass is 10.1. The molecule has 98 valence electrons. The highest BCUT2D eigenvalue weighted by molar-refractivity contribution is 6.48. The molecular formula is C13H8Cl3NO2. The fraction of sp³-hybridized carbons (Fsp3) is 0.0769. The van der Waals surface area contributed by atoms with E-state index in [-0.39, 0.29) is 10.7 Å². The van der Waals surface area contributed by atoms with Crippen LogP contribution in [0.5, 0.6) is 0 Å². The fourth-order valence-corrected chi connectivity index (χ4v) is 2.11. The minimum atomic E-state index is -0.506. The number of rotatable bonds is 2. The first kappa shape index (κ1) is 14.1. The van der Waals surface area contributed by atoms with Crippen LogP contribution in [0.1, 0.15) is 10.5 Å². The first-order valence-electron chi connectivity index (χ1n) is 5.23. The van der Waals surface area contributed by atoms with Crippen LogP contribution in [0.3, 0.4) is 0 Å². The monoisotopic (exact) mass is 315 g/mol. The number of carbonyl (C=O) groups is 1. The van der Waals surface area contributed by atoms with E-state index in [0.717, 1.165) is 0 Å². The van der Waals surface area contributed by atoms with Crippen molar-refractivity contribution in [2.24, 2.45) is 0 Å². The van der Waals surface area contributed by atoms with Crippen molar-refractivity contribution >= 4 is 40.8 Å². The second-order valence-corrected chi connectivity index (χ2v) is 4.85. The molecule has 0 N–H and O–H groups in total. The first-order valence-corrected chi connectivity index (χ1v) is 6.36. The van der Waals surface area contributed by atoms with Gasteiger partial charge in [0.05, 0.1) is 27.9 Å². The number of esters is 1. The average Bonchev–Trinajstić information content (AvgIpc) is 2.43. The SMILES string of the molecule is COC(=O)c1cccc(-c2cc(Cl)c(Cl)c(Cl)c2)n1. The molecule has 1 aromatic carbocycles. The molecular weight excluding hydrogens is 309 g/mol. The summed E-state index contributed by atoms with van der Waals surface area (Å²) in [5.74, 6) is -0.506. The van der Waals surface area contributed by atoms with Crippen molar-refractivity contribution in [3.05, 3.63) is 51.1 Å². The molecule has 0 saturated heterocycles. The molecule has 6 heteroatoms. The molecule has 0 unspecified atom stereocenters. The molecule has 0 spiro atoms. The molecule has 0 radical (unpaired) electrons. The van der Waals surface area contributed by atoms with Crippen LogP contribution in [0, 0.1) is 0 Å². The van der Waals surface area contributed by atoms with E-state index in [0.29, 0.717) is 21.3 Å². The Morgan fingerprint density at radius 1 is 1.16 bits per heavy atom. The molecule has 1 heterocycles. The topological polar surface area (TPSA) is 39.2 Å². The van der Waals surface area contributed by atoms with Crippen LogP contribution >= 0.6 is 34.8 Å². The summed E-state index contributed by atoms with van der Waals surface area (Å²) in [5, 5.41) is 0.945. The summed E-state index contributed by atoms with van der Waals surface area (Å²) in [4.78, 5) is 15.6. The molecule has 1 aromatic heterocycles. The number of ether oxygens (including phenoxy) is 1. The molecule has 0 aliphatic carbocycles. The third kappa shape index (κ3) is 3.00. The number of aromatic nitrogens is 1. The smallest absolute Gasteiger partial charge is 0.356 e. The highest BCUT2D eigenvalue weighted by Gasteiger charge is 2.11. The number of hydrogen-bond acceptors (Lipinski definition) is 3. The molecule has 3 nitrogen and oxygen atoms in total. The lowest BCUT2D eigenvalue weighted by Crippen LogP contribution is -2.04. The molecule has 0 atom stereocenters. The van der Waals surface area contributed by atoms with Gasteiger partial charge in [0.2, 0.25) is 0 Å². The molecule has 0 fully saturated rings. The van der Waals surface area contributed by atoms with E-state index in [2.05, 4.69) is 9.72 Å². The number of pyridine rings is 1. The number of methoxy groups -OCH3 is 1. The lowest BCUT2D eigenvalue weighted by molar-refractivity contribution is 0.0594. The normalized spacial score (nSPS) is 10.3. The van der Waals surface area contributed by atoms with Gasteiger partial charge in [-0.25, -0.2) is 9.78 Å². The van der Waals surface area contributed by atoms with Gasteiger partial charge in [-0.05, 0) is 24.3 Å². The Bertz CT molecular complexity index is 621. The third-order valence-corrected chi connectivity index (χ3v) is 3.62. The van der Waals surface area contributed by atoms with Gasteiger partial charge in [-0.2, -0.15) is 0 Å². The first-order chi connectivity index (χ1) is 9.02. The van der Waals surface area contributed by atoms with Crippen LogP contribution in [0.15, 0.2) is 30.3 Å². The van der Waals surface area contributed by atoms with Gasteiger partial charge in [0.15, 0.2) is 0 Å². The zero-order chi connectivity index (χ0) is 14.0. The van der Waals surface area contributed by atoms with Gasteiger partial charge in [-0.15, -0.1) is 0 Å². The lowest BCUT2D eigenvalue weighted by Gasteiger charge is -2.06. The van der Waals surface area contributed by atoms with Crippen LogP contribution in [0.25, 0.3) is 11.3 Å². The molecule has 2 rings (SSSR count). The van der Waals surface area contributed by atoms with E-state index < -0.39 is 5.97 Å². The summed E-state index contributed by atoms with van der Waals surface area (Å²) in [6, 6.07) is 8.28.